The summed E-state index contributed by atoms with van der Waals surface area (Å²) in [5, 5.41) is 2.65. The number of imidazole rings is 1. The maximum absolute atomic E-state index is 11.6. The molecule has 0 fully saturated rings. The van der Waals surface area contributed by atoms with Gasteiger partial charge in [-0.25, -0.2) is 4.98 Å². The van der Waals surface area contributed by atoms with Crippen molar-refractivity contribution in [2.45, 2.75) is 6.42 Å². The van der Waals surface area contributed by atoms with Crippen molar-refractivity contribution in [3.63, 3.8) is 0 Å². The lowest BCUT2D eigenvalue weighted by molar-refractivity contribution is -0.115. The minimum absolute atomic E-state index is 0.111. The highest BCUT2D eigenvalue weighted by Crippen LogP contribution is 2.07. The fraction of sp³-hybridized carbons (Fsp3) is 0.0909. The van der Waals surface area contributed by atoms with Gasteiger partial charge in [0.05, 0.1) is 6.42 Å². The van der Waals surface area contributed by atoms with Gasteiger partial charge in [-0.1, -0.05) is 12.1 Å². The molecule has 0 spiro atoms. The van der Waals surface area contributed by atoms with Gasteiger partial charge in [0.1, 0.15) is 0 Å². The molecule has 0 radical (unpaired) electrons. The van der Waals surface area contributed by atoms with Crippen LogP contribution in [0.3, 0.4) is 0 Å². The average Bonchev–Trinajstić information content (AvgIpc) is 2.74. The van der Waals surface area contributed by atoms with Crippen molar-refractivity contribution in [3.8, 4) is 0 Å². The van der Waals surface area contributed by atoms with Gasteiger partial charge in [-0.05, 0) is 17.7 Å². The van der Waals surface area contributed by atoms with Gasteiger partial charge in [0, 0.05) is 18.1 Å². The van der Waals surface area contributed by atoms with Crippen LogP contribution in [0.25, 0.3) is 0 Å². The Morgan fingerprint density at radius 1 is 1.38 bits per heavy atom. The van der Waals surface area contributed by atoms with Crippen molar-refractivity contribution >= 4 is 17.5 Å². The normalized spacial score (nSPS) is 10.0. The van der Waals surface area contributed by atoms with Crippen LogP contribution in [0.1, 0.15) is 5.56 Å². The number of hydrogen-bond acceptors (Lipinski definition) is 3. The first-order chi connectivity index (χ1) is 7.74. The Morgan fingerprint density at radius 2 is 2.12 bits per heavy atom. The van der Waals surface area contributed by atoms with Gasteiger partial charge in [0.2, 0.25) is 11.9 Å². The predicted octanol–water partition coefficient (Wildman–Crippen LogP) is 1.17. The van der Waals surface area contributed by atoms with E-state index in [-0.39, 0.29) is 5.91 Å². The first-order valence-electron chi connectivity index (χ1n) is 4.88. The molecule has 1 aromatic carbocycles. The number of aromatic amines is 1. The van der Waals surface area contributed by atoms with E-state index in [1.54, 1.807) is 24.5 Å². The summed E-state index contributed by atoms with van der Waals surface area (Å²) in [7, 11) is 0. The zero-order valence-corrected chi connectivity index (χ0v) is 8.60. The number of nitrogens with one attached hydrogen (secondary N) is 2. The number of rotatable bonds is 3. The van der Waals surface area contributed by atoms with E-state index in [1.165, 1.54) is 0 Å². The molecule has 5 nitrogen and oxygen atoms in total. The number of anilines is 2. The number of nitrogen functional groups attached to an aromatic ring is 1. The van der Waals surface area contributed by atoms with Crippen LogP contribution in [0, 0.1) is 0 Å². The smallest absolute Gasteiger partial charge is 0.231 e. The number of nitrogens with two attached hydrogens (primary N) is 1. The molecule has 2 rings (SSSR count). The first-order valence-corrected chi connectivity index (χ1v) is 4.88. The quantitative estimate of drug-likeness (QED) is 0.673. The number of amides is 1. The molecule has 1 heterocycles. The number of H-pyrrole nitrogens is 1. The molecule has 0 atom stereocenters. The average molecular weight is 216 g/mol. The minimum atomic E-state index is -0.111. The zero-order chi connectivity index (χ0) is 11.4. The standard InChI is InChI=1S/C11H12N4O/c12-9-3-1-8(2-4-9)7-10(16)15-11-13-5-6-14-11/h1-6H,7,12H2,(H2,13,14,15,16). The van der Waals surface area contributed by atoms with Crippen molar-refractivity contribution in [2.75, 3.05) is 11.1 Å². The molecule has 2 aromatic rings. The third-order valence-electron chi connectivity index (χ3n) is 2.10. The van der Waals surface area contributed by atoms with Crippen LogP contribution in [0.5, 0.6) is 0 Å². The lowest BCUT2D eigenvalue weighted by atomic mass is 10.1. The Kier molecular flexibility index (Phi) is 2.86. The maximum Gasteiger partial charge on any atom is 0.231 e. The van der Waals surface area contributed by atoms with Gasteiger partial charge < -0.3 is 10.7 Å². The summed E-state index contributed by atoms with van der Waals surface area (Å²) < 4.78 is 0. The minimum Gasteiger partial charge on any atom is -0.399 e. The Bertz CT molecular complexity index is 461. The molecule has 0 aliphatic heterocycles. The summed E-state index contributed by atoms with van der Waals surface area (Å²) in [5.74, 6) is 0.347. The van der Waals surface area contributed by atoms with Crippen LogP contribution >= 0.6 is 0 Å². The Hall–Kier alpha value is -2.30. The summed E-state index contributed by atoms with van der Waals surface area (Å²) in [6, 6.07) is 7.21. The first kappa shape index (κ1) is 10.2. The maximum atomic E-state index is 11.6. The summed E-state index contributed by atoms with van der Waals surface area (Å²) in [4.78, 5) is 18.3. The Labute approximate surface area is 92.7 Å². The van der Waals surface area contributed by atoms with E-state index in [0.29, 0.717) is 18.1 Å². The van der Waals surface area contributed by atoms with E-state index >= 15 is 0 Å². The predicted molar refractivity (Wildman–Crippen MR) is 61.8 cm³/mol. The van der Waals surface area contributed by atoms with E-state index in [0.717, 1.165) is 5.56 Å². The van der Waals surface area contributed by atoms with Gasteiger partial charge in [-0.15, -0.1) is 0 Å². The van der Waals surface area contributed by atoms with E-state index < -0.39 is 0 Å². The van der Waals surface area contributed by atoms with E-state index in [9.17, 15) is 4.79 Å². The second-order valence-electron chi connectivity index (χ2n) is 3.40. The van der Waals surface area contributed by atoms with Gasteiger partial charge in [-0.2, -0.15) is 0 Å². The summed E-state index contributed by atoms with van der Waals surface area (Å²) in [5.41, 5.74) is 7.16. The monoisotopic (exact) mass is 216 g/mol. The van der Waals surface area contributed by atoms with Crippen LogP contribution in [0.4, 0.5) is 11.6 Å². The molecule has 0 bridgehead atoms. The molecular weight excluding hydrogens is 204 g/mol. The fourth-order valence-electron chi connectivity index (χ4n) is 1.33. The Balaban J connectivity index is 1.95. The number of nitrogens with zero attached hydrogens (tertiary/aromatic N) is 1. The molecule has 0 saturated heterocycles. The van der Waals surface area contributed by atoms with Crippen molar-refractivity contribution in [1.82, 2.24) is 9.97 Å². The van der Waals surface area contributed by atoms with Gasteiger partial charge >= 0.3 is 0 Å². The fourth-order valence-corrected chi connectivity index (χ4v) is 1.33. The number of aromatic nitrogens is 2. The molecule has 1 amide bonds. The zero-order valence-electron chi connectivity index (χ0n) is 8.60. The van der Waals surface area contributed by atoms with Crippen LogP contribution in [-0.2, 0) is 11.2 Å². The molecule has 0 saturated carbocycles. The molecular formula is C11H12N4O. The molecule has 1 aromatic heterocycles. The number of carbonyl (C=O) groups excluding carboxylic acids is 1. The highest BCUT2D eigenvalue weighted by molar-refractivity contribution is 5.90. The van der Waals surface area contributed by atoms with Crippen LogP contribution in [0.2, 0.25) is 0 Å². The van der Waals surface area contributed by atoms with Crippen LogP contribution in [0.15, 0.2) is 36.7 Å². The number of benzene rings is 1. The second-order valence-corrected chi connectivity index (χ2v) is 3.40. The molecule has 5 heteroatoms. The van der Waals surface area contributed by atoms with Crippen molar-refractivity contribution in [1.29, 1.82) is 0 Å². The van der Waals surface area contributed by atoms with Crippen LogP contribution in [-0.4, -0.2) is 15.9 Å². The molecule has 4 N–H and O–H groups in total. The van der Waals surface area contributed by atoms with Crippen molar-refractivity contribution < 1.29 is 4.79 Å². The summed E-state index contributed by atoms with van der Waals surface area (Å²) in [6.07, 6.45) is 3.54. The topological polar surface area (TPSA) is 83.8 Å². The largest absolute Gasteiger partial charge is 0.399 e. The highest BCUT2D eigenvalue weighted by Gasteiger charge is 2.04. The van der Waals surface area contributed by atoms with E-state index in [4.69, 9.17) is 5.73 Å². The molecule has 0 aliphatic rings. The van der Waals surface area contributed by atoms with Crippen LogP contribution < -0.4 is 11.1 Å². The second kappa shape index (κ2) is 4.48. The van der Waals surface area contributed by atoms with Gasteiger partial charge in [0.15, 0.2) is 0 Å². The SMILES string of the molecule is Nc1ccc(CC(=O)Nc2ncc[nH]2)cc1. The van der Waals surface area contributed by atoms with E-state index in [2.05, 4.69) is 15.3 Å². The van der Waals surface area contributed by atoms with Crippen molar-refractivity contribution in [2.24, 2.45) is 0 Å². The molecule has 0 unspecified atom stereocenters. The van der Waals surface area contributed by atoms with Crippen molar-refractivity contribution in [3.05, 3.63) is 42.2 Å². The number of hydrogen-bond donors (Lipinski definition) is 3. The summed E-state index contributed by atoms with van der Waals surface area (Å²) in [6.45, 7) is 0. The molecule has 16 heavy (non-hydrogen) atoms. The van der Waals surface area contributed by atoms with Gasteiger partial charge in [-0.3, -0.25) is 10.1 Å². The highest BCUT2D eigenvalue weighted by atomic mass is 16.1. The molecule has 0 aliphatic carbocycles. The third-order valence-corrected chi connectivity index (χ3v) is 2.10. The summed E-state index contributed by atoms with van der Waals surface area (Å²) >= 11 is 0. The lowest BCUT2D eigenvalue weighted by Crippen LogP contribution is -2.15. The number of carbonyl (C=O) groups is 1. The molecule has 82 valence electrons. The Morgan fingerprint density at radius 3 is 2.75 bits per heavy atom. The van der Waals surface area contributed by atoms with Gasteiger partial charge in [0.25, 0.3) is 0 Å². The third kappa shape index (κ3) is 2.60. The lowest BCUT2D eigenvalue weighted by Gasteiger charge is -2.02. The van der Waals surface area contributed by atoms with E-state index in [1.807, 2.05) is 12.1 Å².